The molecule has 0 atom stereocenters. The largest absolute Gasteiger partial charge is 0.435 e. The van der Waals surface area contributed by atoms with E-state index in [1.54, 1.807) is 6.07 Å². The van der Waals surface area contributed by atoms with Gasteiger partial charge in [-0.15, -0.1) is 10.2 Å². The minimum atomic E-state index is -4.86. The van der Waals surface area contributed by atoms with Crippen LogP contribution < -0.4 is 10.2 Å². The molecule has 1 aromatic carbocycles. The van der Waals surface area contributed by atoms with Gasteiger partial charge in [0.15, 0.2) is 11.5 Å². The molecule has 0 saturated carbocycles. The molecule has 1 fully saturated rings. The summed E-state index contributed by atoms with van der Waals surface area (Å²) in [7, 11) is -2.60. The second kappa shape index (κ2) is 8.84. The number of hydrogen-bond donors (Lipinski definition) is 3. The summed E-state index contributed by atoms with van der Waals surface area (Å²) in [6.07, 6.45) is -4.27. The van der Waals surface area contributed by atoms with Gasteiger partial charge in [0.1, 0.15) is 0 Å². The highest BCUT2D eigenvalue weighted by Gasteiger charge is 2.39. The summed E-state index contributed by atoms with van der Waals surface area (Å²) in [6, 6.07) is 5.96. The van der Waals surface area contributed by atoms with Crippen LogP contribution in [0.15, 0.2) is 29.2 Å². The van der Waals surface area contributed by atoms with Gasteiger partial charge in [-0.1, -0.05) is 6.07 Å². The highest BCUT2D eigenvalue weighted by atomic mass is 32.2. The average molecular weight is 491 g/mol. The van der Waals surface area contributed by atoms with E-state index in [0.29, 0.717) is 4.90 Å². The Bertz CT molecular complexity index is 1170. The molecule has 2 aromatic rings. The molecule has 180 valence electrons. The first-order valence-electron chi connectivity index (χ1n) is 9.95. The number of nitrogens with one attached hydrogen (secondary N) is 3. The van der Waals surface area contributed by atoms with Crippen molar-refractivity contribution in [1.29, 1.82) is 9.56 Å². The first-order valence-corrected chi connectivity index (χ1v) is 12.0. The first kappa shape index (κ1) is 24.8. The minimum absolute atomic E-state index is 0.0756. The Labute approximate surface area is 187 Å². The number of alkyl halides is 5. The SMILES string of the molecule is Cc1c(C(F)(F)F)nnc(N2CCCC(F)(F)CC2)c1C(=O)Nc1cccc(S(C)(=N)=N)c1. The van der Waals surface area contributed by atoms with Crippen molar-refractivity contribution in [2.75, 3.05) is 29.6 Å². The lowest BCUT2D eigenvalue weighted by molar-refractivity contribution is -0.142. The van der Waals surface area contributed by atoms with E-state index in [0.717, 1.165) is 6.92 Å². The van der Waals surface area contributed by atoms with Crippen LogP contribution in [-0.2, 0) is 15.8 Å². The predicted octanol–water partition coefficient (Wildman–Crippen LogP) is 5.35. The maximum atomic E-state index is 13.8. The molecule has 0 spiro atoms. The molecule has 0 bridgehead atoms. The zero-order valence-corrected chi connectivity index (χ0v) is 18.7. The maximum absolute atomic E-state index is 13.8. The third-order valence-electron chi connectivity index (χ3n) is 5.27. The number of carbonyl (C=O) groups excluding carboxylic acids is 1. The minimum Gasteiger partial charge on any atom is -0.354 e. The molecule has 3 N–H and O–H groups in total. The van der Waals surface area contributed by atoms with Crippen molar-refractivity contribution in [3.63, 3.8) is 0 Å². The van der Waals surface area contributed by atoms with Gasteiger partial charge < -0.3 is 10.2 Å². The van der Waals surface area contributed by atoms with Crippen LogP contribution in [-0.4, -0.2) is 41.4 Å². The normalized spacial score (nSPS) is 16.9. The highest BCUT2D eigenvalue weighted by molar-refractivity contribution is 7.92. The molecule has 3 rings (SSSR count). The average Bonchev–Trinajstić information content (AvgIpc) is 2.86. The van der Waals surface area contributed by atoms with Crippen LogP contribution in [0.3, 0.4) is 0 Å². The summed E-state index contributed by atoms with van der Waals surface area (Å²) in [6.45, 7) is 0.986. The Hall–Kier alpha value is -2.83. The van der Waals surface area contributed by atoms with Crippen LogP contribution in [0.25, 0.3) is 0 Å². The van der Waals surface area contributed by atoms with E-state index in [1.807, 2.05) is 0 Å². The summed E-state index contributed by atoms with van der Waals surface area (Å²) in [5.74, 6) is -4.01. The van der Waals surface area contributed by atoms with Gasteiger partial charge in [0, 0.05) is 42.8 Å². The molecule has 33 heavy (non-hydrogen) atoms. The first-order chi connectivity index (χ1) is 15.2. The Morgan fingerprint density at radius 2 is 1.88 bits per heavy atom. The zero-order chi connectivity index (χ0) is 24.6. The van der Waals surface area contributed by atoms with Crippen molar-refractivity contribution >= 4 is 27.0 Å². The summed E-state index contributed by atoms with van der Waals surface area (Å²) >= 11 is 0. The molecule has 1 aliphatic heterocycles. The van der Waals surface area contributed by atoms with Crippen LogP contribution in [0.1, 0.15) is 40.9 Å². The molecule has 1 aliphatic rings. The number of amides is 1. The number of nitrogens with zero attached hydrogens (tertiary/aromatic N) is 3. The van der Waals surface area contributed by atoms with E-state index in [-0.39, 0.29) is 37.4 Å². The second-order valence-electron chi connectivity index (χ2n) is 7.97. The molecular weight excluding hydrogens is 467 g/mol. The zero-order valence-electron chi connectivity index (χ0n) is 17.9. The lowest BCUT2D eigenvalue weighted by atomic mass is 10.1. The fourth-order valence-corrected chi connectivity index (χ4v) is 4.28. The number of carbonyl (C=O) groups is 1. The number of hydrogen-bond acceptors (Lipinski definition) is 6. The topological polar surface area (TPSA) is 106 Å². The van der Waals surface area contributed by atoms with Crippen molar-refractivity contribution in [2.45, 2.75) is 43.2 Å². The van der Waals surface area contributed by atoms with Gasteiger partial charge >= 0.3 is 6.18 Å². The molecule has 13 heteroatoms. The van der Waals surface area contributed by atoms with Crippen molar-refractivity contribution in [2.24, 2.45) is 0 Å². The maximum Gasteiger partial charge on any atom is 0.435 e. The van der Waals surface area contributed by atoms with Crippen LogP contribution in [0, 0.1) is 16.5 Å². The van der Waals surface area contributed by atoms with Gasteiger partial charge in [-0.25, -0.2) is 8.78 Å². The van der Waals surface area contributed by atoms with E-state index in [2.05, 4.69) is 15.5 Å². The summed E-state index contributed by atoms with van der Waals surface area (Å²) in [4.78, 5) is 14.8. The number of anilines is 2. The van der Waals surface area contributed by atoms with Gasteiger partial charge in [0.2, 0.25) is 5.92 Å². The number of rotatable bonds is 4. The second-order valence-corrected chi connectivity index (χ2v) is 10.3. The van der Waals surface area contributed by atoms with Gasteiger partial charge in [-0.2, -0.15) is 13.2 Å². The smallest absolute Gasteiger partial charge is 0.354 e. The molecule has 1 amide bonds. The standard InChI is InChI=1S/C20H23F5N6OS/c1-12-15(18(32)28-13-5-3-6-14(11-13)33(2,26)27)17(30-29-16(12)20(23,24)25)31-9-4-7-19(21,22)8-10-31/h3,5-6,11,26-27H,4,7-10H2,1-2H3,(H,28,32). The number of benzene rings is 1. The van der Waals surface area contributed by atoms with Crippen LogP contribution in [0.5, 0.6) is 0 Å². The summed E-state index contributed by atoms with van der Waals surface area (Å²) in [5, 5.41) is 9.39. The van der Waals surface area contributed by atoms with Gasteiger partial charge in [-0.3, -0.25) is 14.4 Å². The van der Waals surface area contributed by atoms with Crippen molar-refractivity contribution in [1.82, 2.24) is 10.2 Å². The van der Waals surface area contributed by atoms with E-state index in [4.69, 9.17) is 9.56 Å². The molecule has 7 nitrogen and oxygen atoms in total. The van der Waals surface area contributed by atoms with Crippen LogP contribution in [0.2, 0.25) is 0 Å². The molecule has 0 unspecified atom stereocenters. The predicted molar refractivity (Wildman–Crippen MR) is 114 cm³/mol. The van der Waals surface area contributed by atoms with E-state index in [1.165, 1.54) is 29.4 Å². The number of aromatic nitrogens is 2. The Kier molecular flexibility index (Phi) is 6.65. The summed E-state index contributed by atoms with van der Waals surface area (Å²) < 4.78 is 83.8. The Morgan fingerprint density at radius 3 is 2.52 bits per heavy atom. The van der Waals surface area contributed by atoms with Crippen molar-refractivity contribution in [3.05, 3.63) is 41.1 Å². The van der Waals surface area contributed by atoms with Crippen molar-refractivity contribution in [3.8, 4) is 0 Å². The van der Waals surface area contributed by atoms with Gasteiger partial charge in [0.05, 0.1) is 5.56 Å². The fourth-order valence-electron chi connectivity index (χ4n) is 3.57. The van der Waals surface area contributed by atoms with E-state index < -0.39 is 50.9 Å². The Morgan fingerprint density at radius 1 is 1.18 bits per heavy atom. The molecule has 0 radical (unpaired) electrons. The Balaban J connectivity index is 2.05. The molecular formula is C20H23F5N6OS. The van der Waals surface area contributed by atoms with E-state index >= 15 is 0 Å². The summed E-state index contributed by atoms with van der Waals surface area (Å²) in [5.41, 5.74) is -2.01. The lowest BCUT2D eigenvalue weighted by Gasteiger charge is -2.25. The third kappa shape index (κ3) is 5.75. The van der Waals surface area contributed by atoms with E-state index in [9.17, 15) is 26.7 Å². The molecule has 0 aliphatic carbocycles. The molecule has 2 heterocycles. The van der Waals surface area contributed by atoms with Crippen LogP contribution in [0.4, 0.5) is 33.5 Å². The van der Waals surface area contributed by atoms with Crippen LogP contribution >= 0.6 is 0 Å². The fraction of sp³-hybridized carbons (Fsp3) is 0.450. The third-order valence-corrected chi connectivity index (χ3v) is 6.47. The number of halogens is 5. The van der Waals surface area contributed by atoms with Crippen molar-refractivity contribution < 1.29 is 26.7 Å². The lowest BCUT2D eigenvalue weighted by Crippen LogP contribution is -2.31. The van der Waals surface area contributed by atoms with Gasteiger partial charge in [0.25, 0.3) is 5.91 Å². The monoisotopic (exact) mass is 490 g/mol. The van der Waals surface area contributed by atoms with Gasteiger partial charge in [-0.05, 0) is 46.7 Å². The molecule has 1 aromatic heterocycles. The quantitative estimate of drug-likeness (QED) is 0.503. The molecule has 1 saturated heterocycles. The highest BCUT2D eigenvalue weighted by Crippen LogP contribution is 2.36.